The lowest BCUT2D eigenvalue weighted by Gasteiger charge is -2.11. The summed E-state index contributed by atoms with van der Waals surface area (Å²) in [6.45, 7) is 4.75. The van der Waals surface area contributed by atoms with Crippen molar-refractivity contribution in [2.24, 2.45) is 0 Å². The summed E-state index contributed by atoms with van der Waals surface area (Å²) < 4.78 is 0.829. The molecule has 0 heterocycles. The molecule has 2 amide bonds. The maximum Gasteiger partial charge on any atom is 0.319 e. The van der Waals surface area contributed by atoms with Crippen LogP contribution in [0.2, 0.25) is 5.02 Å². The summed E-state index contributed by atoms with van der Waals surface area (Å²) in [6, 6.07) is 3.44. The number of carbonyl (C=O) groups excluding carboxylic acids is 1. The molecule has 3 nitrogen and oxygen atoms in total. The number of unbranched alkanes of at least 4 members (excludes halogenated alkanes) is 2. The van der Waals surface area contributed by atoms with Crippen molar-refractivity contribution in [1.82, 2.24) is 5.32 Å². The summed E-state index contributed by atoms with van der Waals surface area (Å²) in [4.78, 5) is 11.6. The highest BCUT2D eigenvalue weighted by Crippen LogP contribution is 2.28. The normalized spacial score (nSPS) is 10.2. The van der Waals surface area contributed by atoms with E-state index in [0.29, 0.717) is 11.6 Å². The summed E-state index contributed by atoms with van der Waals surface area (Å²) in [5.74, 6) is 0. The van der Waals surface area contributed by atoms with Gasteiger partial charge in [0.1, 0.15) is 0 Å². The van der Waals surface area contributed by atoms with Gasteiger partial charge in [-0.15, -0.1) is 0 Å². The van der Waals surface area contributed by atoms with E-state index in [1.54, 1.807) is 6.07 Å². The molecule has 0 aromatic heterocycles. The van der Waals surface area contributed by atoms with Gasteiger partial charge in [0, 0.05) is 16.7 Å². The molecule has 5 heteroatoms. The number of aryl methyl sites for hydroxylation is 1. The highest BCUT2D eigenvalue weighted by Gasteiger charge is 2.07. The van der Waals surface area contributed by atoms with Crippen LogP contribution in [0.5, 0.6) is 0 Å². The predicted octanol–water partition coefficient (Wildman–Crippen LogP) is 4.72. The Bertz CT molecular complexity index is 424. The first-order valence-electron chi connectivity index (χ1n) is 6.05. The number of anilines is 1. The Morgan fingerprint density at radius 3 is 2.78 bits per heavy atom. The fraction of sp³-hybridized carbons (Fsp3) is 0.462. The molecule has 0 spiro atoms. The van der Waals surface area contributed by atoms with E-state index >= 15 is 0 Å². The largest absolute Gasteiger partial charge is 0.338 e. The van der Waals surface area contributed by atoms with E-state index in [4.69, 9.17) is 11.6 Å². The Morgan fingerprint density at radius 2 is 2.11 bits per heavy atom. The number of hydrogen-bond acceptors (Lipinski definition) is 1. The van der Waals surface area contributed by atoms with Crippen molar-refractivity contribution in [2.45, 2.75) is 33.1 Å². The lowest BCUT2D eigenvalue weighted by Crippen LogP contribution is -2.29. The summed E-state index contributed by atoms with van der Waals surface area (Å²) in [5.41, 5.74) is 1.70. The zero-order valence-corrected chi connectivity index (χ0v) is 13.0. The minimum Gasteiger partial charge on any atom is -0.338 e. The number of amides is 2. The molecule has 0 saturated heterocycles. The second kappa shape index (κ2) is 7.64. The molecule has 2 N–H and O–H groups in total. The van der Waals surface area contributed by atoms with E-state index in [2.05, 4.69) is 33.5 Å². The minimum absolute atomic E-state index is 0.187. The SMILES string of the molecule is CCCCCNC(=O)Nc1cc(Cl)c(Br)cc1C. The number of hydrogen-bond donors (Lipinski definition) is 2. The Balaban J connectivity index is 2.51. The number of carbonyl (C=O) groups is 1. The van der Waals surface area contributed by atoms with Crippen molar-refractivity contribution in [3.63, 3.8) is 0 Å². The van der Waals surface area contributed by atoms with E-state index in [-0.39, 0.29) is 6.03 Å². The molecule has 0 aliphatic heterocycles. The number of nitrogens with one attached hydrogen (secondary N) is 2. The van der Waals surface area contributed by atoms with Crippen LogP contribution < -0.4 is 10.6 Å². The third-order valence-corrected chi connectivity index (χ3v) is 3.78. The molecule has 0 fully saturated rings. The molecule has 1 aromatic carbocycles. The fourth-order valence-electron chi connectivity index (χ4n) is 1.52. The van der Waals surface area contributed by atoms with Crippen LogP contribution in [0.25, 0.3) is 0 Å². The second-order valence-electron chi connectivity index (χ2n) is 4.17. The smallest absolute Gasteiger partial charge is 0.319 e. The fourth-order valence-corrected chi connectivity index (χ4v) is 2.15. The van der Waals surface area contributed by atoms with Crippen molar-refractivity contribution in [2.75, 3.05) is 11.9 Å². The standard InChI is InChI=1S/C13H18BrClN2O/c1-3-4-5-6-16-13(18)17-12-8-11(15)10(14)7-9(12)2/h7-8H,3-6H2,1-2H3,(H2,16,17,18). The molecular formula is C13H18BrClN2O. The van der Waals surface area contributed by atoms with Crippen LogP contribution in [0.1, 0.15) is 31.7 Å². The molecule has 0 aliphatic rings. The van der Waals surface area contributed by atoms with Crippen LogP contribution in [-0.4, -0.2) is 12.6 Å². The van der Waals surface area contributed by atoms with Crippen LogP contribution in [0.3, 0.4) is 0 Å². The highest BCUT2D eigenvalue weighted by molar-refractivity contribution is 9.10. The van der Waals surface area contributed by atoms with Crippen LogP contribution in [0.15, 0.2) is 16.6 Å². The van der Waals surface area contributed by atoms with Crippen molar-refractivity contribution < 1.29 is 4.79 Å². The quantitative estimate of drug-likeness (QED) is 0.752. The molecule has 0 saturated carbocycles. The van der Waals surface area contributed by atoms with Gasteiger partial charge in [0.05, 0.1) is 5.02 Å². The average molecular weight is 334 g/mol. The average Bonchev–Trinajstić information content (AvgIpc) is 2.32. The topological polar surface area (TPSA) is 41.1 Å². The third kappa shape index (κ3) is 4.86. The molecule has 0 bridgehead atoms. The minimum atomic E-state index is -0.187. The Labute approximate surface area is 121 Å². The number of halogens is 2. The molecule has 18 heavy (non-hydrogen) atoms. The van der Waals surface area contributed by atoms with E-state index < -0.39 is 0 Å². The summed E-state index contributed by atoms with van der Waals surface area (Å²) >= 11 is 9.34. The van der Waals surface area contributed by atoms with Crippen molar-refractivity contribution in [1.29, 1.82) is 0 Å². The summed E-state index contributed by atoms with van der Waals surface area (Å²) in [7, 11) is 0. The Kier molecular flexibility index (Phi) is 6.50. The Morgan fingerprint density at radius 1 is 1.39 bits per heavy atom. The zero-order valence-electron chi connectivity index (χ0n) is 10.6. The van der Waals surface area contributed by atoms with E-state index in [9.17, 15) is 4.79 Å². The summed E-state index contributed by atoms with van der Waals surface area (Å²) in [6.07, 6.45) is 3.28. The molecule has 100 valence electrons. The number of benzene rings is 1. The molecule has 0 unspecified atom stereocenters. The first-order valence-corrected chi connectivity index (χ1v) is 7.22. The first-order chi connectivity index (χ1) is 8.54. The molecule has 0 radical (unpaired) electrons. The van der Waals surface area contributed by atoms with Crippen molar-refractivity contribution >= 4 is 39.2 Å². The van der Waals surface area contributed by atoms with Crippen LogP contribution in [0.4, 0.5) is 10.5 Å². The highest BCUT2D eigenvalue weighted by atomic mass is 79.9. The molecule has 1 aromatic rings. The number of rotatable bonds is 5. The van der Waals surface area contributed by atoms with Crippen molar-refractivity contribution in [3.05, 3.63) is 27.2 Å². The van der Waals surface area contributed by atoms with Gasteiger partial charge in [-0.2, -0.15) is 0 Å². The van der Waals surface area contributed by atoms with E-state index in [1.165, 1.54) is 0 Å². The van der Waals surface area contributed by atoms with Gasteiger partial charge >= 0.3 is 6.03 Å². The monoisotopic (exact) mass is 332 g/mol. The van der Waals surface area contributed by atoms with Gasteiger partial charge in [0.25, 0.3) is 0 Å². The third-order valence-electron chi connectivity index (χ3n) is 2.58. The molecule has 0 atom stereocenters. The van der Waals surface area contributed by atoms with Crippen molar-refractivity contribution in [3.8, 4) is 0 Å². The van der Waals surface area contributed by atoms with Crippen LogP contribution in [0, 0.1) is 6.92 Å². The van der Waals surface area contributed by atoms with Gasteiger partial charge in [-0.1, -0.05) is 31.4 Å². The van der Waals surface area contributed by atoms with Gasteiger partial charge in [0.15, 0.2) is 0 Å². The maximum atomic E-state index is 11.6. The van der Waals surface area contributed by atoms with Crippen LogP contribution in [-0.2, 0) is 0 Å². The van der Waals surface area contributed by atoms with Gasteiger partial charge in [-0.05, 0) is 47.0 Å². The van der Waals surface area contributed by atoms with Crippen LogP contribution >= 0.6 is 27.5 Å². The van der Waals surface area contributed by atoms with Gasteiger partial charge in [-0.25, -0.2) is 4.79 Å². The molecular weight excluding hydrogens is 316 g/mol. The van der Waals surface area contributed by atoms with Gasteiger partial charge in [-0.3, -0.25) is 0 Å². The zero-order chi connectivity index (χ0) is 13.5. The number of urea groups is 1. The first kappa shape index (κ1) is 15.3. The van der Waals surface area contributed by atoms with E-state index in [0.717, 1.165) is 35.0 Å². The molecule has 1 rings (SSSR count). The van der Waals surface area contributed by atoms with Gasteiger partial charge < -0.3 is 10.6 Å². The lowest BCUT2D eigenvalue weighted by molar-refractivity contribution is 0.252. The predicted molar refractivity (Wildman–Crippen MR) is 80.4 cm³/mol. The maximum absolute atomic E-state index is 11.6. The second-order valence-corrected chi connectivity index (χ2v) is 5.43. The molecule has 0 aliphatic carbocycles. The lowest BCUT2D eigenvalue weighted by atomic mass is 10.2. The summed E-state index contributed by atoms with van der Waals surface area (Å²) in [5, 5.41) is 6.21. The Hall–Kier alpha value is -0.740. The van der Waals surface area contributed by atoms with E-state index in [1.807, 2.05) is 13.0 Å². The van der Waals surface area contributed by atoms with Gasteiger partial charge in [0.2, 0.25) is 0 Å².